The largest absolute Gasteiger partial charge is 0.283 e. The van der Waals surface area contributed by atoms with E-state index in [0.29, 0.717) is 21.9 Å². The first-order valence-electron chi connectivity index (χ1n) is 10.7. The second-order valence-electron chi connectivity index (χ2n) is 7.79. The minimum Gasteiger partial charge on any atom is -0.283 e. The summed E-state index contributed by atoms with van der Waals surface area (Å²) in [6.07, 6.45) is 3.25. The van der Waals surface area contributed by atoms with Crippen molar-refractivity contribution in [2.24, 2.45) is 5.10 Å². The molecule has 4 rings (SSSR count). The van der Waals surface area contributed by atoms with Crippen LogP contribution >= 0.6 is 23.1 Å². The standard InChI is InChI=1S/C26H24N4O2S2/c1-4-13-30-25(32)23-21(20-11-7-18(3)8-12-20)15-33-24(23)28-26(30)34-16-22(31)29-27-14-19-9-5-17(2)6-10-19/h4-12,14-15H,1,13,16H2,2-3H3,(H,29,31)/b27-14+. The number of hydrogen-bond donors (Lipinski definition) is 1. The first-order valence-corrected chi connectivity index (χ1v) is 12.5. The highest BCUT2D eigenvalue weighted by Gasteiger charge is 2.17. The van der Waals surface area contributed by atoms with Gasteiger partial charge in [-0.15, -0.1) is 17.9 Å². The zero-order chi connectivity index (χ0) is 24.1. The van der Waals surface area contributed by atoms with Crippen LogP contribution in [0.15, 0.2) is 81.6 Å². The van der Waals surface area contributed by atoms with Gasteiger partial charge in [-0.25, -0.2) is 10.4 Å². The number of hydrogen-bond acceptors (Lipinski definition) is 6. The van der Waals surface area contributed by atoms with Gasteiger partial charge in [0, 0.05) is 17.5 Å². The zero-order valence-electron chi connectivity index (χ0n) is 18.9. The summed E-state index contributed by atoms with van der Waals surface area (Å²) in [6.45, 7) is 8.12. The summed E-state index contributed by atoms with van der Waals surface area (Å²) in [4.78, 5) is 31.1. The second kappa shape index (κ2) is 10.6. The second-order valence-corrected chi connectivity index (χ2v) is 9.59. The number of aryl methyl sites for hydroxylation is 2. The van der Waals surface area contributed by atoms with Crippen LogP contribution in [0.1, 0.15) is 16.7 Å². The highest BCUT2D eigenvalue weighted by Crippen LogP contribution is 2.32. The Morgan fingerprint density at radius 2 is 1.82 bits per heavy atom. The molecule has 0 radical (unpaired) electrons. The average molecular weight is 489 g/mol. The Hall–Kier alpha value is -3.49. The van der Waals surface area contributed by atoms with Crippen molar-refractivity contribution in [2.45, 2.75) is 25.5 Å². The molecule has 1 amide bonds. The van der Waals surface area contributed by atoms with Gasteiger partial charge >= 0.3 is 0 Å². The predicted molar refractivity (Wildman–Crippen MR) is 142 cm³/mol. The molecular weight excluding hydrogens is 464 g/mol. The van der Waals surface area contributed by atoms with Crippen LogP contribution in [0.3, 0.4) is 0 Å². The van der Waals surface area contributed by atoms with Crippen LogP contribution in [0.4, 0.5) is 0 Å². The number of carbonyl (C=O) groups is 1. The predicted octanol–water partition coefficient (Wildman–Crippen LogP) is 5.17. The number of thiophene rings is 1. The molecule has 2 aromatic carbocycles. The van der Waals surface area contributed by atoms with Crippen LogP contribution < -0.4 is 11.0 Å². The highest BCUT2D eigenvalue weighted by molar-refractivity contribution is 7.99. The van der Waals surface area contributed by atoms with E-state index in [-0.39, 0.29) is 17.2 Å². The Morgan fingerprint density at radius 3 is 2.50 bits per heavy atom. The van der Waals surface area contributed by atoms with Crippen LogP contribution in [0, 0.1) is 13.8 Å². The maximum absolute atomic E-state index is 13.4. The lowest BCUT2D eigenvalue weighted by molar-refractivity contribution is -0.118. The molecule has 6 nitrogen and oxygen atoms in total. The monoisotopic (exact) mass is 488 g/mol. The van der Waals surface area contributed by atoms with Crippen molar-refractivity contribution < 1.29 is 4.79 Å². The topological polar surface area (TPSA) is 76.3 Å². The Labute approximate surface area is 206 Å². The van der Waals surface area contributed by atoms with Gasteiger partial charge in [-0.2, -0.15) is 5.10 Å². The molecule has 2 heterocycles. The summed E-state index contributed by atoms with van der Waals surface area (Å²) in [6, 6.07) is 15.9. The van der Waals surface area contributed by atoms with E-state index < -0.39 is 0 Å². The molecule has 0 unspecified atom stereocenters. The molecule has 34 heavy (non-hydrogen) atoms. The zero-order valence-corrected chi connectivity index (χ0v) is 20.6. The lowest BCUT2D eigenvalue weighted by Crippen LogP contribution is -2.24. The average Bonchev–Trinajstić information content (AvgIpc) is 3.26. The molecule has 0 atom stereocenters. The molecule has 172 valence electrons. The molecular formula is C26H24N4O2S2. The quantitative estimate of drug-likeness (QED) is 0.122. The molecule has 8 heteroatoms. The van der Waals surface area contributed by atoms with E-state index in [4.69, 9.17) is 4.98 Å². The van der Waals surface area contributed by atoms with Gasteiger partial charge < -0.3 is 0 Å². The normalized spacial score (nSPS) is 11.2. The number of carbonyl (C=O) groups excluding carboxylic acids is 1. The van der Waals surface area contributed by atoms with Gasteiger partial charge in [0.05, 0.1) is 17.4 Å². The third-order valence-electron chi connectivity index (χ3n) is 5.15. The van der Waals surface area contributed by atoms with Gasteiger partial charge in [-0.1, -0.05) is 77.5 Å². The van der Waals surface area contributed by atoms with E-state index in [1.807, 2.05) is 67.8 Å². The number of nitrogens with zero attached hydrogens (tertiary/aromatic N) is 3. The van der Waals surface area contributed by atoms with Crippen molar-refractivity contribution in [1.82, 2.24) is 15.0 Å². The molecule has 2 aromatic heterocycles. The summed E-state index contributed by atoms with van der Waals surface area (Å²) in [5.74, 6) is -0.198. The van der Waals surface area contributed by atoms with Crippen LogP contribution in [-0.4, -0.2) is 27.4 Å². The number of aromatic nitrogens is 2. The van der Waals surface area contributed by atoms with E-state index in [9.17, 15) is 9.59 Å². The molecule has 0 saturated heterocycles. The molecule has 0 aliphatic heterocycles. The number of allylic oxidation sites excluding steroid dienone is 1. The van der Waals surface area contributed by atoms with E-state index in [0.717, 1.165) is 27.8 Å². The van der Waals surface area contributed by atoms with E-state index >= 15 is 0 Å². The fraction of sp³-hybridized carbons (Fsp3) is 0.154. The number of benzene rings is 2. The summed E-state index contributed by atoms with van der Waals surface area (Å²) >= 11 is 2.63. The molecule has 4 aromatic rings. The number of nitrogens with one attached hydrogen (secondary N) is 1. The smallest absolute Gasteiger partial charge is 0.263 e. The Bertz CT molecular complexity index is 1420. The summed E-state index contributed by atoms with van der Waals surface area (Å²) in [5.41, 5.74) is 7.45. The van der Waals surface area contributed by atoms with Gasteiger partial charge in [0.1, 0.15) is 4.83 Å². The number of hydrazone groups is 1. The van der Waals surface area contributed by atoms with Crippen LogP contribution in [0.25, 0.3) is 21.3 Å². The van der Waals surface area contributed by atoms with Gasteiger partial charge in [0.2, 0.25) is 0 Å². The highest BCUT2D eigenvalue weighted by atomic mass is 32.2. The number of fused-ring (bicyclic) bond motifs is 1. The summed E-state index contributed by atoms with van der Waals surface area (Å²) in [7, 11) is 0. The molecule has 1 N–H and O–H groups in total. The minimum atomic E-state index is -0.278. The number of amides is 1. The molecule has 0 aliphatic carbocycles. The Balaban J connectivity index is 1.54. The molecule has 0 saturated carbocycles. The van der Waals surface area contributed by atoms with Crippen LogP contribution in [0.2, 0.25) is 0 Å². The van der Waals surface area contributed by atoms with Crippen molar-refractivity contribution in [3.8, 4) is 11.1 Å². The SMILES string of the molecule is C=CCn1c(SCC(=O)N/N=C/c2ccc(C)cc2)nc2scc(-c3ccc(C)cc3)c2c1=O. The number of rotatable bonds is 8. The van der Waals surface area contributed by atoms with Crippen LogP contribution in [0.5, 0.6) is 0 Å². The molecule has 0 fully saturated rings. The minimum absolute atomic E-state index is 0.0799. The molecule has 0 spiro atoms. The van der Waals surface area contributed by atoms with Crippen molar-refractivity contribution in [3.63, 3.8) is 0 Å². The third kappa shape index (κ3) is 5.35. The number of thioether (sulfide) groups is 1. The van der Waals surface area contributed by atoms with Gasteiger partial charge in [0.15, 0.2) is 5.16 Å². The van der Waals surface area contributed by atoms with E-state index in [2.05, 4.69) is 17.1 Å². The third-order valence-corrected chi connectivity index (χ3v) is 6.99. The molecule has 0 aliphatic rings. The first-order chi connectivity index (χ1) is 16.5. The Kier molecular flexibility index (Phi) is 7.40. The molecule has 0 bridgehead atoms. The lowest BCUT2D eigenvalue weighted by atomic mass is 10.1. The fourth-order valence-electron chi connectivity index (χ4n) is 3.35. The van der Waals surface area contributed by atoms with Crippen LogP contribution in [-0.2, 0) is 11.3 Å². The van der Waals surface area contributed by atoms with E-state index in [1.54, 1.807) is 16.9 Å². The maximum Gasteiger partial charge on any atom is 0.263 e. The summed E-state index contributed by atoms with van der Waals surface area (Å²) in [5, 5.41) is 7.04. The Morgan fingerprint density at radius 1 is 1.15 bits per heavy atom. The van der Waals surface area contributed by atoms with Crippen molar-refractivity contribution in [2.75, 3.05) is 5.75 Å². The maximum atomic E-state index is 13.4. The van der Waals surface area contributed by atoms with Gasteiger partial charge in [-0.3, -0.25) is 14.2 Å². The van der Waals surface area contributed by atoms with E-state index in [1.165, 1.54) is 23.1 Å². The van der Waals surface area contributed by atoms with Gasteiger partial charge in [-0.05, 0) is 25.0 Å². The lowest BCUT2D eigenvalue weighted by Gasteiger charge is -2.10. The summed E-state index contributed by atoms with van der Waals surface area (Å²) < 4.78 is 1.56. The van der Waals surface area contributed by atoms with Gasteiger partial charge in [0.25, 0.3) is 11.5 Å². The van der Waals surface area contributed by atoms with Crippen molar-refractivity contribution >= 4 is 45.4 Å². The van der Waals surface area contributed by atoms with Crippen molar-refractivity contribution in [3.05, 3.63) is 93.6 Å². The first kappa shape index (κ1) is 23.7. The van der Waals surface area contributed by atoms with Crippen molar-refractivity contribution in [1.29, 1.82) is 0 Å². The fourth-order valence-corrected chi connectivity index (χ4v) is 5.13.